The zero-order valence-corrected chi connectivity index (χ0v) is 13.2. The van der Waals surface area contributed by atoms with Gasteiger partial charge < -0.3 is 9.64 Å². The molecule has 0 saturated carbocycles. The van der Waals surface area contributed by atoms with Crippen LogP contribution < -0.4 is 9.64 Å². The summed E-state index contributed by atoms with van der Waals surface area (Å²) in [4.78, 5) is 14.6. The number of rotatable bonds is 3. The molecule has 0 amide bonds. The number of ether oxygens (including phenoxy) is 1. The highest BCUT2D eigenvalue weighted by molar-refractivity contribution is 9.10. The van der Waals surface area contributed by atoms with Gasteiger partial charge in [-0.15, -0.1) is 0 Å². The van der Waals surface area contributed by atoms with Gasteiger partial charge >= 0.3 is 0 Å². The number of carbonyl (C=O) groups excluding carboxylic acids is 1. The number of hydrogen-bond donors (Lipinski definition) is 0. The predicted octanol–water partition coefficient (Wildman–Crippen LogP) is 3.92. The highest BCUT2D eigenvalue weighted by Gasteiger charge is 2.19. The summed E-state index contributed by atoms with van der Waals surface area (Å²) in [6.45, 7) is 1.90. The van der Waals surface area contributed by atoms with Crippen molar-refractivity contribution in [3.8, 4) is 5.75 Å². The third kappa shape index (κ3) is 3.27. The number of nitrogens with zero attached hydrogens (tertiary/aromatic N) is 1. The quantitative estimate of drug-likeness (QED) is 0.789. The van der Waals surface area contributed by atoms with Crippen LogP contribution in [0.15, 0.2) is 53.0 Å². The third-order valence-electron chi connectivity index (χ3n) is 3.54. The number of ketones is 1. The molecule has 21 heavy (non-hydrogen) atoms. The summed E-state index contributed by atoms with van der Waals surface area (Å²) in [5.74, 6) is 0.984. The molecule has 0 bridgehead atoms. The maximum Gasteiger partial charge on any atom is 0.182 e. The van der Waals surface area contributed by atoms with E-state index in [0.29, 0.717) is 13.2 Å². The Morgan fingerprint density at radius 3 is 2.71 bits per heavy atom. The average Bonchev–Trinajstić information content (AvgIpc) is 2.71. The summed E-state index contributed by atoms with van der Waals surface area (Å²) < 4.78 is 6.70. The number of benzene rings is 2. The predicted molar refractivity (Wildman–Crippen MR) is 87.2 cm³/mol. The molecular weight excluding hydrogens is 330 g/mol. The fraction of sp³-hybridized carbons (Fsp3) is 0.235. The van der Waals surface area contributed by atoms with Crippen LogP contribution in [0.4, 0.5) is 5.69 Å². The van der Waals surface area contributed by atoms with Gasteiger partial charge in [-0.1, -0.05) is 40.2 Å². The van der Waals surface area contributed by atoms with Crippen LogP contribution in [0.25, 0.3) is 0 Å². The molecule has 0 unspecified atom stereocenters. The molecule has 0 spiro atoms. The fourth-order valence-corrected chi connectivity index (χ4v) is 2.73. The van der Waals surface area contributed by atoms with E-state index in [1.807, 2.05) is 48.5 Å². The molecule has 0 saturated heterocycles. The first-order valence-corrected chi connectivity index (χ1v) is 7.79. The molecule has 0 aliphatic carbocycles. The van der Waals surface area contributed by atoms with Crippen LogP contribution in [0.1, 0.15) is 16.8 Å². The van der Waals surface area contributed by atoms with Gasteiger partial charge in [-0.25, -0.2) is 0 Å². The maximum absolute atomic E-state index is 12.4. The van der Waals surface area contributed by atoms with Crippen molar-refractivity contribution in [2.45, 2.75) is 6.42 Å². The van der Waals surface area contributed by atoms with Crippen LogP contribution in [0.2, 0.25) is 0 Å². The number of para-hydroxylation sites is 2. The summed E-state index contributed by atoms with van der Waals surface area (Å²) in [5.41, 5.74) is 1.74. The van der Waals surface area contributed by atoms with Crippen LogP contribution >= 0.6 is 15.9 Å². The molecule has 3 nitrogen and oxygen atoms in total. The molecule has 4 heteroatoms. The van der Waals surface area contributed by atoms with E-state index in [1.54, 1.807) is 0 Å². The number of Topliss-reactive ketones (excluding diaryl/α,β-unsaturated/α-hetero) is 1. The largest absolute Gasteiger partial charge is 0.491 e. The van der Waals surface area contributed by atoms with Gasteiger partial charge in [-0.3, -0.25) is 4.79 Å². The monoisotopic (exact) mass is 345 g/mol. The van der Waals surface area contributed by atoms with E-state index >= 15 is 0 Å². The van der Waals surface area contributed by atoms with E-state index < -0.39 is 0 Å². The molecular formula is C17H16BrNO2. The lowest BCUT2D eigenvalue weighted by Crippen LogP contribution is -2.30. The normalized spacial score (nSPS) is 14.0. The Morgan fingerprint density at radius 2 is 1.90 bits per heavy atom. The van der Waals surface area contributed by atoms with E-state index in [2.05, 4.69) is 20.8 Å². The van der Waals surface area contributed by atoms with Crippen molar-refractivity contribution in [3.05, 3.63) is 58.6 Å². The Kier molecular flexibility index (Phi) is 4.25. The Balaban J connectivity index is 1.81. The lowest BCUT2D eigenvalue weighted by Gasteiger charge is -2.22. The van der Waals surface area contributed by atoms with Crippen molar-refractivity contribution in [1.29, 1.82) is 0 Å². The first-order valence-electron chi connectivity index (χ1n) is 6.99. The lowest BCUT2D eigenvalue weighted by atomic mass is 10.1. The van der Waals surface area contributed by atoms with Crippen LogP contribution in [-0.2, 0) is 0 Å². The fourth-order valence-electron chi connectivity index (χ4n) is 2.46. The Morgan fingerprint density at radius 1 is 1.14 bits per heavy atom. The van der Waals surface area contributed by atoms with Crippen LogP contribution in [-0.4, -0.2) is 25.5 Å². The van der Waals surface area contributed by atoms with E-state index in [1.165, 1.54) is 0 Å². The minimum absolute atomic E-state index is 0.124. The summed E-state index contributed by atoms with van der Waals surface area (Å²) in [7, 11) is 0. The van der Waals surface area contributed by atoms with Gasteiger partial charge in [-0.05, 0) is 30.7 Å². The summed E-state index contributed by atoms with van der Waals surface area (Å²) in [6.07, 6.45) is 0.919. The second kappa shape index (κ2) is 6.31. The smallest absolute Gasteiger partial charge is 0.182 e. The molecule has 2 aromatic carbocycles. The van der Waals surface area contributed by atoms with Gasteiger partial charge in [0, 0.05) is 16.6 Å². The van der Waals surface area contributed by atoms with Gasteiger partial charge in [0.05, 0.1) is 18.8 Å². The summed E-state index contributed by atoms with van der Waals surface area (Å²) >= 11 is 3.39. The van der Waals surface area contributed by atoms with Crippen LogP contribution in [0.5, 0.6) is 5.75 Å². The minimum Gasteiger partial charge on any atom is -0.491 e. The van der Waals surface area contributed by atoms with Crippen molar-refractivity contribution in [3.63, 3.8) is 0 Å². The molecule has 1 aliphatic heterocycles. The number of hydrogen-bond acceptors (Lipinski definition) is 3. The van der Waals surface area contributed by atoms with Crippen molar-refractivity contribution >= 4 is 27.4 Å². The molecule has 3 rings (SSSR count). The first kappa shape index (κ1) is 14.1. The number of carbonyl (C=O) groups is 1. The van der Waals surface area contributed by atoms with Crippen molar-refractivity contribution in [2.24, 2.45) is 0 Å². The Hall–Kier alpha value is -1.81. The lowest BCUT2D eigenvalue weighted by molar-refractivity contribution is 0.0999. The number of halogens is 1. The van der Waals surface area contributed by atoms with Crippen molar-refractivity contribution in [2.75, 3.05) is 24.6 Å². The van der Waals surface area contributed by atoms with Crippen LogP contribution in [0, 0.1) is 0 Å². The number of fused-ring (bicyclic) bond motifs is 1. The minimum atomic E-state index is 0.124. The maximum atomic E-state index is 12.4. The number of anilines is 1. The highest BCUT2D eigenvalue weighted by atomic mass is 79.9. The second-order valence-corrected chi connectivity index (χ2v) is 5.94. The Bertz CT molecular complexity index is 639. The molecule has 0 fully saturated rings. The standard InChI is InChI=1S/C17H16BrNO2/c18-14-8-6-13(7-9-14)16(20)12-19-10-3-11-21-17-5-2-1-4-15(17)19/h1-2,4-9H,3,10-12H2. The van der Waals surface area contributed by atoms with Gasteiger partial charge in [0.2, 0.25) is 0 Å². The summed E-state index contributed by atoms with van der Waals surface area (Å²) in [6, 6.07) is 15.4. The van der Waals surface area contributed by atoms with E-state index in [0.717, 1.165) is 34.4 Å². The van der Waals surface area contributed by atoms with Crippen molar-refractivity contribution < 1.29 is 9.53 Å². The zero-order chi connectivity index (χ0) is 14.7. The van der Waals surface area contributed by atoms with E-state index in [9.17, 15) is 4.79 Å². The third-order valence-corrected chi connectivity index (χ3v) is 4.07. The first-order chi connectivity index (χ1) is 10.2. The topological polar surface area (TPSA) is 29.5 Å². The van der Waals surface area contributed by atoms with E-state index in [4.69, 9.17) is 4.74 Å². The molecule has 1 heterocycles. The molecule has 0 atom stereocenters. The van der Waals surface area contributed by atoms with Gasteiger partial charge in [-0.2, -0.15) is 0 Å². The van der Waals surface area contributed by atoms with Gasteiger partial charge in [0.1, 0.15) is 5.75 Å². The summed E-state index contributed by atoms with van der Waals surface area (Å²) in [5, 5.41) is 0. The van der Waals surface area contributed by atoms with E-state index in [-0.39, 0.29) is 5.78 Å². The van der Waals surface area contributed by atoms with Crippen molar-refractivity contribution in [1.82, 2.24) is 0 Å². The molecule has 0 N–H and O–H groups in total. The Labute approximate surface area is 132 Å². The van der Waals surface area contributed by atoms with Gasteiger partial charge in [0.25, 0.3) is 0 Å². The zero-order valence-electron chi connectivity index (χ0n) is 11.6. The molecule has 1 aliphatic rings. The van der Waals surface area contributed by atoms with Gasteiger partial charge in [0.15, 0.2) is 5.78 Å². The van der Waals surface area contributed by atoms with Crippen LogP contribution in [0.3, 0.4) is 0 Å². The molecule has 0 aromatic heterocycles. The highest BCUT2D eigenvalue weighted by Crippen LogP contribution is 2.30. The molecule has 108 valence electrons. The SMILES string of the molecule is O=C(CN1CCCOc2ccccc21)c1ccc(Br)cc1. The average molecular weight is 346 g/mol. The molecule has 0 radical (unpaired) electrons. The second-order valence-electron chi connectivity index (χ2n) is 5.02. The molecule has 2 aromatic rings.